The summed E-state index contributed by atoms with van der Waals surface area (Å²) in [7, 11) is -1.66. The van der Waals surface area contributed by atoms with Gasteiger partial charge in [-0.3, -0.25) is 9.40 Å². The summed E-state index contributed by atoms with van der Waals surface area (Å²) in [4.78, 5) is 0. The standard InChI is InChI=1S/C6H9Br2N3O2S/c1-4-5(8)6(11(2)9-4)10-14(12,13)3-7/h10H,3H2,1-2H3. The van der Waals surface area contributed by atoms with Gasteiger partial charge in [0.15, 0.2) is 5.82 Å². The van der Waals surface area contributed by atoms with E-state index in [9.17, 15) is 8.42 Å². The van der Waals surface area contributed by atoms with E-state index in [1.165, 1.54) is 4.68 Å². The summed E-state index contributed by atoms with van der Waals surface area (Å²) in [5.41, 5.74) is 0.736. The Bertz CT molecular complexity index is 440. The summed E-state index contributed by atoms with van der Waals surface area (Å²) in [5, 5.41) is 4.06. The third-order valence-corrected chi connectivity index (χ3v) is 5.09. The maximum absolute atomic E-state index is 11.3. The van der Waals surface area contributed by atoms with Gasteiger partial charge < -0.3 is 0 Å². The van der Waals surface area contributed by atoms with Crippen LogP contribution < -0.4 is 4.72 Å². The van der Waals surface area contributed by atoms with Crippen molar-refractivity contribution in [3.05, 3.63) is 10.2 Å². The van der Waals surface area contributed by atoms with E-state index >= 15 is 0 Å². The SMILES string of the molecule is Cc1nn(C)c(NS(=O)(=O)CBr)c1Br. The summed E-state index contributed by atoms with van der Waals surface area (Å²) < 4.78 is 26.9. The van der Waals surface area contributed by atoms with Gasteiger partial charge in [-0.2, -0.15) is 5.10 Å². The maximum atomic E-state index is 11.3. The molecule has 0 radical (unpaired) electrons. The van der Waals surface area contributed by atoms with Crippen LogP contribution in [0.5, 0.6) is 0 Å². The lowest BCUT2D eigenvalue weighted by molar-refractivity contribution is 0.605. The first-order valence-corrected chi connectivity index (χ1v) is 7.19. The Labute approximate surface area is 99.2 Å². The van der Waals surface area contributed by atoms with Crippen molar-refractivity contribution < 1.29 is 8.42 Å². The van der Waals surface area contributed by atoms with Crippen LogP contribution in [0.15, 0.2) is 4.47 Å². The van der Waals surface area contributed by atoms with E-state index < -0.39 is 10.0 Å². The van der Waals surface area contributed by atoms with Crippen molar-refractivity contribution in [2.45, 2.75) is 6.92 Å². The normalized spacial score (nSPS) is 11.7. The maximum Gasteiger partial charge on any atom is 0.243 e. The number of nitrogens with zero attached hydrogens (tertiary/aromatic N) is 2. The van der Waals surface area contributed by atoms with E-state index in [2.05, 4.69) is 41.7 Å². The number of sulfonamides is 1. The first-order chi connectivity index (χ1) is 6.37. The molecule has 1 aromatic heterocycles. The molecule has 0 bridgehead atoms. The van der Waals surface area contributed by atoms with Crippen molar-refractivity contribution in [2.24, 2.45) is 7.05 Å². The quantitative estimate of drug-likeness (QED) is 0.845. The van der Waals surface area contributed by atoms with Crippen molar-refractivity contribution in [2.75, 3.05) is 9.38 Å². The zero-order valence-corrected chi connectivity index (χ0v) is 11.6. The Kier molecular flexibility index (Phi) is 3.59. The number of aromatic nitrogens is 2. The lowest BCUT2D eigenvalue weighted by atomic mass is 10.5. The molecule has 1 aromatic rings. The van der Waals surface area contributed by atoms with E-state index in [0.29, 0.717) is 10.3 Å². The van der Waals surface area contributed by atoms with E-state index in [4.69, 9.17) is 0 Å². The number of anilines is 1. The molecule has 0 aromatic carbocycles. The molecule has 1 heterocycles. The van der Waals surface area contributed by atoms with Crippen molar-refractivity contribution in [1.82, 2.24) is 9.78 Å². The van der Waals surface area contributed by atoms with Crippen molar-refractivity contribution in [3.63, 3.8) is 0 Å². The summed E-state index contributed by atoms with van der Waals surface area (Å²) in [5.74, 6) is 0.432. The smallest absolute Gasteiger partial charge is 0.243 e. The Morgan fingerprint density at radius 2 is 2.14 bits per heavy atom. The average molecular weight is 347 g/mol. The number of aryl methyl sites for hydroxylation is 2. The van der Waals surface area contributed by atoms with Crippen LogP contribution in [0, 0.1) is 6.92 Å². The summed E-state index contributed by atoms with van der Waals surface area (Å²) >= 11 is 6.15. The van der Waals surface area contributed by atoms with Gasteiger partial charge in [0.25, 0.3) is 0 Å². The van der Waals surface area contributed by atoms with E-state index in [1.54, 1.807) is 14.0 Å². The molecular formula is C6H9Br2N3O2S. The highest BCUT2D eigenvalue weighted by Crippen LogP contribution is 2.26. The van der Waals surface area contributed by atoms with Crippen LogP contribution in [0.2, 0.25) is 0 Å². The second kappa shape index (κ2) is 4.19. The molecule has 14 heavy (non-hydrogen) atoms. The fourth-order valence-electron chi connectivity index (χ4n) is 0.918. The fourth-order valence-corrected chi connectivity index (χ4v) is 2.41. The van der Waals surface area contributed by atoms with Gasteiger partial charge >= 0.3 is 0 Å². The third-order valence-electron chi connectivity index (χ3n) is 1.54. The molecule has 0 fully saturated rings. The first kappa shape index (κ1) is 12.0. The summed E-state index contributed by atoms with van der Waals surface area (Å²) in [6.45, 7) is 1.79. The molecule has 1 rings (SSSR count). The minimum Gasteiger partial charge on any atom is -0.266 e. The van der Waals surface area contributed by atoms with Crippen molar-refractivity contribution in [1.29, 1.82) is 0 Å². The van der Waals surface area contributed by atoms with E-state index in [0.717, 1.165) is 5.69 Å². The van der Waals surface area contributed by atoms with Crippen LogP contribution in [-0.4, -0.2) is 22.9 Å². The van der Waals surface area contributed by atoms with Crippen LogP contribution >= 0.6 is 31.9 Å². The van der Waals surface area contributed by atoms with E-state index in [1.807, 2.05) is 0 Å². The number of hydrogen-bond donors (Lipinski definition) is 1. The number of rotatable bonds is 3. The van der Waals surface area contributed by atoms with Crippen LogP contribution in [0.4, 0.5) is 5.82 Å². The van der Waals surface area contributed by atoms with Gasteiger partial charge in [0.1, 0.15) is 4.66 Å². The molecule has 0 aliphatic carbocycles. The van der Waals surface area contributed by atoms with E-state index in [-0.39, 0.29) is 4.66 Å². The summed E-state index contributed by atoms with van der Waals surface area (Å²) in [6.07, 6.45) is 0. The third kappa shape index (κ3) is 2.48. The largest absolute Gasteiger partial charge is 0.266 e. The van der Waals surface area contributed by atoms with Gasteiger partial charge in [-0.15, -0.1) is 0 Å². The highest BCUT2D eigenvalue weighted by molar-refractivity contribution is 9.11. The highest BCUT2D eigenvalue weighted by Gasteiger charge is 2.16. The molecule has 0 spiro atoms. The molecular weight excluding hydrogens is 338 g/mol. The van der Waals surface area contributed by atoms with Gasteiger partial charge in [0.2, 0.25) is 10.0 Å². The zero-order valence-electron chi connectivity index (χ0n) is 7.58. The molecule has 0 aliphatic heterocycles. The van der Waals surface area contributed by atoms with Gasteiger partial charge in [-0.25, -0.2) is 8.42 Å². The minimum atomic E-state index is -3.33. The molecule has 0 saturated heterocycles. The van der Waals surface area contributed by atoms with Crippen molar-refractivity contribution in [3.8, 4) is 0 Å². The molecule has 0 amide bonds. The minimum absolute atomic E-state index is 0.142. The zero-order chi connectivity index (χ0) is 10.9. The first-order valence-electron chi connectivity index (χ1n) is 3.63. The molecule has 80 valence electrons. The topological polar surface area (TPSA) is 64.0 Å². The molecule has 5 nitrogen and oxygen atoms in total. The second-order valence-corrected chi connectivity index (χ2v) is 6.52. The van der Waals surface area contributed by atoms with Crippen LogP contribution in [0.3, 0.4) is 0 Å². The Morgan fingerprint density at radius 3 is 2.50 bits per heavy atom. The Hall–Kier alpha value is -0.0800. The Balaban J connectivity index is 3.09. The van der Waals surface area contributed by atoms with Crippen molar-refractivity contribution >= 4 is 47.7 Å². The van der Waals surface area contributed by atoms with Crippen LogP contribution in [0.25, 0.3) is 0 Å². The number of nitrogens with one attached hydrogen (secondary N) is 1. The highest BCUT2D eigenvalue weighted by atomic mass is 79.9. The second-order valence-electron chi connectivity index (χ2n) is 2.70. The molecule has 1 N–H and O–H groups in total. The Morgan fingerprint density at radius 1 is 1.57 bits per heavy atom. The van der Waals surface area contributed by atoms with Crippen LogP contribution in [-0.2, 0) is 17.1 Å². The average Bonchev–Trinajstić information content (AvgIpc) is 2.32. The number of halogens is 2. The number of alkyl halides is 1. The predicted octanol–water partition coefficient (Wildman–Crippen LogP) is 1.59. The molecule has 0 unspecified atom stereocenters. The van der Waals surface area contributed by atoms with Crippen LogP contribution in [0.1, 0.15) is 5.69 Å². The predicted molar refractivity (Wildman–Crippen MR) is 62.0 cm³/mol. The van der Waals surface area contributed by atoms with Gasteiger partial charge in [-0.05, 0) is 22.9 Å². The summed E-state index contributed by atoms with van der Waals surface area (Å²) in [6, 6.07) is 0. The lowest BCUT2D eigenvalue weighted by Crippen LogP contribution is -2.15. The van der Waals surface area contributed by atoms with Gasteiger partial charge in [0, 0.05) is 7.05 Å². The van der Waals surface area contributed by atoms with Gasteiger partial charge in [-0.1, -0.05) is 15.9 Å². The molecule has 8 heteroatoms. The monoisotopic (exact) mass is 345 g/mol. The molecule has 0 saturated carbocycles. The molecule has 0 aliphatic rings. The lowest BCUT2D eigenvalue weighted by Gasteiger charge is -2.05. The molecule has 0 atom stereocenters. The fraction of sp³-hybridized carbons (Fsp3) is 0.500. The van der Waals surface area contributed by atoms with Gasteiger partial charge in [0.05, 0.1) is 10.2 Å². The number of hydrogen-bond acceptors (Lipinski definition) is 3.